The summed E-state index contributed by atoms with van der Waals surface area (Å²) in [6, 6.07) is 22.2. The van der Waals surface area contributed by atoms with Crippen molar-refractivity contribution in [1.29, 1.82) is 0 Å². The molecule has 5 rings (SSSR count). The van der Waals surface area contributed by atoms with E-state index < -0.39 is 6.09 Å². The predicted octanol–water partition coefficient (Wildman–Crippen LogP) is 3.77. The number of nitrogens with one attached hydrogen (secondary N) is 1. The number of hydrogen-bond acceptors (Lipinski definition) is 3. The van der Waals surface area contributed by atoms with Crippen molar-refractivity contribution in [2.45, 2.75) is 55.3 Å². The van der Waals surface area contributed by atoms with Gasteiger partial charge in [0.25, 0.3) is 0 Å². The van der Waals surface area contributed by atoms with Gasteiger partial charge in [-0.25, -0.2) is 4.79 Å². The normalized spacial score (nSPS) is 29.0. The molecular weight excluding hydrogens is 374 g/mol. The predicted molar refractivity (Wildman–Crippen MR) is 118 cm³/mol. The van der Waals surface area contributed by atoms with E-state index in [4.69, 9.17) is 0 Å². The maximum absolute atomic E-state index is 12.2. The molecule has 3 unspecified atom stereocenters. The number of likely N-dealkylation sites (N-methyl/N-ethyl adjacent to an activating group) is 1. The van der Waals surface area contributed by atoms with Crippen molar-refractivity contribution in [1.82, 2.24) is 15.1 Å². The number of rotatable bonds is 5. The molecule has 0 spiro atoms. The Morgan fingerprint density at radius 3 is 2.17 bits per heavy atom. The molecule has 0 aromatic heterocycles. The molecule has 0 saturated carbocycles. The Hall–Kier alpha value is -2.37. The number of nitrogens with zero attached hydrogens (tertiary/aromatic N) is 2. The largest absolute Gasteiger partial charge is 0.465 e. The highest BCUT2D eigenvalue weighted by atomic mass is 16.4. The second-order valence-corrected chi connectivity index (χ2v) is 9.26. The molecule has 5 heteroatoms. The van der Waals surface area contributed by atoms with Crippen molar-refractivity contribution in [2.24, 2.45) is 0 Å². The van der Waals surface area contributed by atoms with Crippen LogP contribution in [0.1, 0.15) is 42.7 Å². The molecule has 30 heavy (non-hydrogen) atoms. The van der Waals surface area contributed by atoms with Gasteiger partial charge in [0.15, 0.2) is 0 Å². The molecule has 2 aromatic rings. The van der Waals surface area contributed by atoms with E-state index in [1.807, 2.05) is 0 Å². The summed E-state index contributed by atoms with van der Waals surface area (Å²) in [5.41, 5.74) is 2.58. The Labute approximate surface area is 178 Å². The van der Waals surface area contributed by atoms with Crippen LogP contribution in [0.25, 0.3) is 0 Å². The van der Waals surface area contributed by atoms with Gasteiger partial charge in [0.05, 0.1) is 6.04 Å². The van der Waals surface area contributed by atoms with Gasteiger partial charge in [0.2, 0.25) is 0 Å². The summed E-state index contributed by atoms with van der Waals surface area (Å²) in [4.78, 5) is 16.6. The van der Waals surface area contributed by atoms with E-state index in [0.29, 0.717) is 6.04 Å². The number of carboxylic acid groups (broad SMARTS) is 1. The second-order valence-electron chi connectivity index (χ2n) is 9.26. The van der Waals surface area contributed by atoms with E-state index >= 15 is 0 Å². The molecule has 0 aliphatic carbocycles. The van der Waals surface area contributed by atoms with Crippen LogP contribution in [-0.2, 0) is 0 Å². The Morgan fingerprint density at radius 1 is 1.07 bits per heavy atom. The summed E-state index contributed by atoms with van der Waals surface area (Å²) >= 11 is 0. The summed E-state index contributed by atoms with van der Waals surface area (Å²) in [7, 11) is 2.27. The van der Waals surface area contributed by atoms with Crippen molar-refractivity contribution in [2.75, 3.05) is 20.1 Å². The molecule has 2 bridgehead atoms. The average Bonchev–Trinajstić information content (AvgIpc) is 2.90. The number of fused-ring (bicyclic) bond motifs is 2. The maximum Gasteiger partial charge on any atom is 0.407 e. The molecule has 2 N–H and O–H groups in total. The van der Waals surface area contributed by atoms with Crippen LogP contribution in [0, 0.1) is 0 Å². The Bertz CT molecular complexity index is 846. The molecule has 5 nitrogen and oxygen atoms in total. The first-order valence-electron chi connectivity index (χ1n) is 11.1. The summed E-state index contributed by atoms with van der Waals surface area (Å²) in [5, 5.41) is 13.3. The van der Waals surface area contributed by atoms with Crippen molar-refractivity contribution in [3.05, 3.63) is 71.8 Å². The Balaban J connectivity index is 1.57. The first-order chi connectivity index (χ1) is 14.6. The zero-order valence-corrected chi connectivity index (χ0v) is 17.6. The van der Waals surface area contributed by atoms with E-state index in [1.54, 1.807) is 4.90 Å². The highest BCUT2D eigenvalue weighted by molar-refractivity contribution is 5.66. The SMILES string of the molecule is CN1C2CCC1(C(c1ccccc1)c1ccccc1)CC(N(C(=O)O)C1CNC1)C2. The molecule has 3 aliphatic heterocycles. The van der Waals surface area contributed by atoms with E-state index in [-0.39, 0.29) is 23.5 Å². The third-order valence-electron chi connectivity index (χ3n) is 7.86. The number of benzene rings is 2. The number of amides is 1. The lowest BCUT2D eigenvalue weighted by molar-refractivity contribution is -0.00779. The van der Waals surface area contributed by atoms with E-state index in [0.717, 1.165) is 38.8 Å². The first-order valence-corrected chi connectivity index (χ1v) is 11.1. The smallest absolute Gasteiger partial charge is 0.407 e. The van der Waals surface area contributed by atoms with E-state index in [9.17, 15) is 9.90 Å². The van der Waals surface area contributed by atoms with Crippen LogP contribution >= 0.6 is 0 Å². The highest BCUT2D eigenvalue weighted by Gasteiger charge is 2.56. The van der Waals surface area contributed by atoms with Crippen LogP contribution in [0.15, 0.2) is 60.7 Å². The van der Waals surface area contributed by atoms with Gasteiger partial charge in [-0.1, -0.05) is 60.7 Å². The van der Waals surface area contributed by atoms with Gasteiger partial charge in [0, 0.05) is 36.6 Å². The molecule has 1 amide bonds. The fraction of sp³-hybridized carbons (Fsp3) is 0.480. The van der Waals surface area contributed by atoms with Crippen molar-refractivity contribution >= 4 is 6.09 Å². The Kier molecular flexibility index (Phi) is 5.03. The Morgan fingerprint density at radius 2 is 1.67 bits per heavy atom. The third-order valence-corrected chi connectivity index (χ3v) is 7.86. The topological polar surface area (TPSA) is 55.8 Å². The van der Waals surface area contributed by atoms with Crippen LogP contribution in [0.5, 0.6) is 0 Å². The first kappa shape index (κ1) is 19.6. The van der Waals surface area contributed by atoms with Gasteiger partial charge < -0.3 is 10.4 Å². The van der Waals surface area contributed by atoms with E-state index in [1.165, 1.54) is 11.1 Å². The van der Waals surface area contributed by atoms with Crippen molar-refractivity contribution in [3.63, 3.8) is 0 Å². The molecule has 158 valence electrons. The summed E-state index contributed by atoms with van der Waals surface area (Å²) in [5.74, 6) is 0.230. The van der Waals surface area contributed by atoms with Gasteiger partial charge in [-0.05, 0) is 43.9 Å². The van der Waals surface area contributed by atoms with Crippen LogP contribution < -0.4 is 5.32 Å². The van der Waals surface area contributed by atoms with Crippen LogP contribution in [0.4, 0.5) is 4.79 Å². The molecule has 3 aliphatic rings. The minimum Gasteiger partial charge on any atom is -0.465 e. The zero-order valence-electron chi connectivity index (χ0n) is 17.6. The summed E-state index contributed by atoms with van der Waals surface area (Å²) in [6.07, 6.45) is 3.31. The quantitative estimate of drug-likeness (QED) is 0.795. The molecular formula is C25H31N3O2. The standard InChI is InChI=1S/C25H31N3O2/c1-27-20-12-13-25(27,15-21(14-20)28(24(29)30)22-16-26-17-22)23(18-8-4-2-5-9-18)19-10-6-3-7-11-19/h2-11,20-23,26H,12-17H2,1H3,(H,29,30). The minimum absolute atomic E-state index is 0.0683. The highest BCUT2D eigenvalue weighted by Crippen LogP contribution is 2.54. The lowest BCUT2D eigenvalue weighted by Gasteiger charge is -2.54. The monoisotopic (exact) mass is 405 g/mol. The van der Waals surface area contributed by atoms with Crippen molar-refractivity contribution < 1.29 is 9.90 Å². The maximum atomic E-state index is 12.2. The van der Waals surface area contributed by atoms with Gasteiger partial charge in [-0.2, -0.15) is 0 Å². The van der Waals surface area contributed by atoms with Crippen LogP contribution in [0.3, 0.4) is 0 Å². The molecule has 3 heterocycles. The van der Waals surface area contributed by atoms with E-state index in [2.05, 4.69) is 77.9 Å². The zero-order chi connectivity index (χ0) is 20.7. The van der Waals surface area contributed by atoms with Gasteiger partial charge in [0.1, 0.15) is 0 Å². The second kappa shape index (κ2) is 7.71. The van der Waals surface area contributed by atoms with Crippen LogP contribution in [0.2, 0.25) is 0 Å². The lowest BCUT2D eigenvalue weighted by Crippen LogP contribution is -2.66. The number of hydrogen-bond donors (Lipinski definition) is 2. The third kappa shape index (κ3) is 3.12. The van der Waals surface area contributed by atoms with Gasteiger partial charge >= 0.3 is 6.09 Å². The molecule has 0 radical (unpaired) electrons. The fourth-order valence-electron chi connectivity index (χ4n) is 6.34. The molecule has 3 atom stereocenters. The molecule has 3 saturated heterocycles. The number of piperidine rings is 1. The van der Waals surface area contributed by atoms with Gasteiger partial charge in [-0.15, -0.1) is 0 Å². The number of carbonyl (C=O) groups is 1. The lowest BCUT2D eigenvalue weighted by atomic mass is 9.69. The minimum atomic E-state index is -0.762. The summed E-state index contributed by atoms with van der Waals surface area (Å²) < 4.78 is 0. The summed E-state index contributed by atoms with van der Waals surface area (Å²) in [6.45, 7) is 1.55. The molecule has 2 aromatic carbocycles. The average molecular weight is 406 g/mol. The fourth-order valence-corrected chi connectivity index (χ4v) is 6.34. The van der Waals surface area contributed by atoms with Crippen molar-refractivity contribution in [3.8, 4) is 0 Å². The van der Waals surface area contributed by atoms with Crippen LogP contribution in [-0.4, -0.2) is 64.8 Å². The van der Waals surface area contributed by atoms with Gasteiger partial charge in [-0.3, -0.25) is 9.80 Å². The molecule has 3 fully saturated rings.